The van der Waals surface area contributed by atoms with E-state index in [0.29, 0.717) is 0 Å². The Morgan fingerprint density at radius 3 is 2.46 bits per heavy atom. The van der Waals surface area contributed by atoms with Gasteiger partial charge in [0.2, 0.25) is 0 Å². The summed E-state index contributed by atoms with van der Waals surface area (Å²) in [6.07, 6.45) is 3.76. The van der Waals surface area contributed by atoms with Gasteiger partial charge in [-0.25, -0.2) is 4.98 Å². The van der Waals surface area contributed by atoms with E-state index in [0.717, 1.165) is 49.4 Å². The van der Waals surface area contributed by atoms with Crippen molar-refractivity contribution in [1.29, 1.82) is 0 Å². The maximum absolute atomic E-state index is 5.06. The fourth-order valence-electron chi connectivity index (χ4n) is 4.01. The van der Waals surface area contributed by atoms with Gasteiger partial charge in [0.15, 0.2) is 0 Å². The second kappa shape index (κ2) is 5.83. The van der Waals surface area contributed by atoms with Gasteiger partial charge in [-0.15, -0.1) is 0 Å². The fraction of sp³-hybridized carbons (Fsp3) is 0. The van der Waals surface area contributed by atoms with Crippen molar-refractivity contribution in [3.8, 4) is 11.3 Å². The molecule has 3 aromatic heterocycles. The Bertz CT molecular complexity index is 1520. The van der Waals surface area contributed by atoms with E-state index < -0.39 is 0 Å². The highest BCUT2D eigenvalue weighted by Gasteiger charge is 2.11. The van der Waals surface area contributed by atoms with E-state index in [4.69, 9.17) is 4.98 Å². The first-order chi connectivity index (χ1) is 13.9. The van der Waals surface area contributed by atoms with Crippen molar-refractivity contribution in [3.05, 3.63) is 91.3 Å². The third-order valence-electron chi connectivity index (χ3n) is 5.33. The van der Waals surface area contributed by atoms with Crippen molar-refractivity contribution in [3.63, 3.8) is 0 Å². The molecule has 0 atom stereocenters. The van der Waals surface area contributed by atoms with Gasteiger partial charge in [0.1, 0.15) is 0 Å². The van der Waals surface area contributed by atoms with Gasteiger partial charge in [-0.1, -0.05) is 48.5 Å². The molecule has 0 unspecified atom stereocenters. The van der Waals surface area contributed by atoms with Crippen LogP contribution in [0, 0.1) is 0 Å². The van der Waals surface area contributed by atoms with Crippen LogP contribution in [0.2, 0.25) is 0 Å². The maximum Gasteiger partial charge on any atom is 0.0803 e. The summed E-state index contributed by atoms with van der Waals surface area (Å²) >= 11 is 0. The lowest BCUT2D eigenvalue weighted by molar-refractivity contribution is 1.39. The van der Waals surface area contributed by atoms with Crippen LogP contribution in [0.1, 0.15) is 0 Å². The van der Waals surface area contributed by atoms with Crippen molar-refractivity contribution in [1.82, 2.24) is 15.0 Å². The molecule has 0 aliphatic rings. The van der Waals surface area contributed by atoms with E-state index in [1.54, 1.807) is 0 Å². The minimum absolute atomic E-state index is 0.951. The predicted octanol–water partition coefficient (Wildman–Crippen LogP) is 6.15. The van der Waals surface area contributed by atoms with Crippen LogP contribution in [0.5, 0.6) is 0 Å². The smallest absolute Gasteiger partial charge is 0.0803 e. The number of hydrogen-bond donors (Lipinski definition) is 0. The van der Waals surface area contributed by atoms with Crippen molar-refractivity contribution < 1.29 is 0 Å². The molecule has 0 aliphatic carbocycles. The Morgan fingerprint density at radius 2 is 1.46 bits per heavy atom. The normalized spacial score (nSPS) is 11.6. The van der Waals surface area contributed by atoms with E-state index in [2.05, 4.69) is 70.6 Å². The number of nitrogens with zero attached hydrogens (tertiary/aromatic N) is 3. The quantitative estimate of drug-likeness (QED) is 0.331. The summed E-state index contributed by atoms with van der Waals surface area (Å²) in [4.78, 5) is 14.2. The molecule has 3 heteroatoms. The third-order valence-corrected chi connectivity index (χ3v) is 5.33. The monoisotopic (exact) mass is 357 g/mol. The SMILES string of the molecule is c1ccc2c(c1)cnc1cccc(-c3ccc4ccc5ncccc5c4n3)c12. The van der Waals surface area contributed by atoms with Gasteiger partial charge in [-0.3, -0.25) is 9.97 Å². The van der Waals surface area contributed by atoms with Crippen molar-refractivity contribution >= 4 is 43.5 Å². The Hall–Kier alpha value is -3.85. The van der Waals surface area contributed by atoms with Crippen LogP contribution in [0.15, 0.2) is 91.3 Å². The van der Waals surface area contributed by atoms with Crippen LogP contribution in [-0.4, -0.2) is 15.0 Å². The second-order valence-corrected chi connectivity index (χ2v) is 6.95. The molecule has 0 radical (unpaired) electrons. The molecule has 6 rings (SSSR count). The van der Waals surface area contributed by atoms with Crippen LogP contribution in [-0.2, 0) is 0 Å². The Morgan fingerprint density at radius 1 is 0.571 bits per heavy atom. The molecule has 3 nitrogen and oxygen atoms in total. The highest BCUT2D eigenvalue weighted by Crippen LogP contribution is 2.34. The maximum atomic E-state index is 5.06. The molecule has 0 bridgehead atoms. The molecule has 0 spiro atoms. The number of benzene rings is 3. The van der Waals surface area contributed by atoms with Crippen molar-refractivity contribution in [2.75, 3.05) is 0 Å². The largest absolute Gasteiger partial charge is 0.256 e. The van der Waals surface area contributed by atoms with E-state index in [1.807, 2.05) is 30.6 Å². The first-order valence-corrected chi connectivity index (χ1v) is 9.30. The fourth-order valence-corrected chi connectivity index (χ4v) is 4.01. The van der Waals surface area contributed by atoms with Crippen LogP contribution in [0.25, 0.3) is 54.7 Å². The summed E-state index contributed by atoms with van der Waals surface area (Å²) in [5.41, 5.74) is 4.98. The number of fused-ring (bicyclic) bond motifs is 6. The lowest BCUT2D eigenvalue weighted by atomic mass is 9.99. The average molecular weight is 357 g/mol. The Kier molecular flexibility index (Phi) is 3.17. The van der Waals surface area contributed by atoms with Crippen LogP contribution in [0.3, 0.4) is 0 Å². The molecule has 0 N–H and O–H groups in total. The zero-order valence-corrected chi connectivity index (χ0v) is 15.0. The number of hydrogen-bond acceptors (Lipinski definition) is 3. The molecule has 6 aromatic rings. The first kappa shape index (κ1) is 15.2. The van der Waals surface area contributed by atoms with E-state index in [1.165, 1.54) is 5.39 Å². The molecular weight excluding hydrogens is 342 g/mol. The van der Waals surface area contributed by atoms with Crippen molar-refractivity contribution in [2.24, 2.45) is 0 Å². The zero-order valence-electron chi connectivity index (χ0n) is 15.0. The minimum Gasteiger partial charge on any atom is -0.256 e. The minimum atomic E-state index is 0.951. The van der Waals surface area contributed by atoms with Crippen LogP contribution in [0.4, 0.5) is 0 Å². The van der Waals surface area contributed by atoms with Gasteiger partial charge in [-0.2, -0.15) is 0 Å². The summed E-state index contributed by atoms with van der Waals surface area (Å²) in [7, 11) is 0. The molecule has 0 amide bonds. The Labute approximate surface area is 161 Å². The topological polar surface area (TPSA) is 38.7 Å². The predicted molar refractivity (Wildman–Crippen MR) is 115 cm³/mol. The zero-order chi connectivity index (χ0) is 18.5. The lowest BCUT2D eigenvalue weighted by Crippen LogP contribution is -1.91. The summed E-state index contributed by atoms with van der Waals surface area (Å²) in [6, 6.07) is 27.0. The number of rotatable bonds is 1. The van der Waals surface area contributed by atoms with Crippen molar-refractivity contribution in [2.45, 2.75) is 0 Å². The summed E-state index contributed by atoms with van der Waals surface area (Å²) in [5.74, 6) is 0. The summed E-state index contributed by atoms with van der Waals surface area (Å²) in [5, 5.41) is 5.67. The summed E-state index contributed by atoms with van der Waals surface area (Å²) < 4.78 is 0. The molecule has 130 valence electrons. The van der Waals surface area contributed by atoms with E-state index >= 15 is 0 Å². The molecular formula is C25H15N3. The summed E-state index contributed by atoms with van der Waals surface area (Å²) in [6.45, 7) is 0. The van der Waals surface area contributed by atoms with Gasteiger partial charge in [0.05, 0.1) is 22.2 Å². The second-order valence-electron chi connectivity index (χ2n) is 6.95. The van der Waals surface area contributed by atoms with E-state index in [-0.39, 0.29) is 0 Å². The van der Waals surface area contributed by atoms with Gasteiger partial charge >= 0.3 is 0 Å². The molecule has 0 fully saturated rings. The lowest BCUT2D eigenvalue weighted by Gasteiger charge is -2.10. The van der Waals surface area contributed by atoms with Crippen LogP contribution >= 0.6 is 0 Å². The molecule has 3 heterocycles. The van der Waals surface area contributed by atoms with Gasteiger partial charge in [0.25, 0.3) is 0 Å². The van der Waals surface area contributed by atoms with Gasteiger partial charge in [-0.05, 0) is 35.7 Å². The molecule has 28 heavy (non-hydrogen) atoms. The third kappa shape index (κ3) is 2.20. The average Bonchev–Trinajstić information content (AvgIpc) is 2.78. The van der Waals surface area contributed by atoms with Gasteiger partial charge < -0.3 is 0 Å². The number of pyridine rings is 3. The van der Waals surface area contributed by atoms with E-state index in [9.17, 15) is 0 Å². The van der Waals surface area contributed by atoms with Gasteiger partial charge in [0, 0.05) is 39.5 Å². The molecule has 0 saturated carbocycles. The Balaban J connectivity index is 1.73. The number of aromatic nitrogens is 3. The molecule has 3 aromatic carbocycles. The first-order valence-electron chi connectivity index (χ1n) is 9.30. The standard InChI is InChI=1S/C25H15N3/c1-2-6-18-17(5-1)15-27-23-9-3-7-19(24(18)23)22-13-11-16-10-12-21-20(25(16)28-22)8-4-14-26-21/h1-15H. The molecule has 0 saturated heterocycles. The molecule has 0 aliphatic heterocycles. The van der Waals surface area contributed by atoms with Crippen LogP contribution < -0.4 is 0 Å². The highest BCUT2D eigenvalue weighted by molar-refractivity contribution is 6.13. The highest BCUT2D eigenvalue weighted by atomic mass is 14.7.